The third-order valence-corrected chi connectivity index (χ3v) is 3.37. The molecule has 0 aliphatic rings. The molecule has 1 aromatic heterocycles. The lowest BCUT2D eigenvalue weighted by Crippen LogP contribution is -2.15. The van der Waals surface area contributed by atoms with E-state index in [1.54, 1.807) is 0 Å². The van der Waals surface area contributed by atoms with Crippen LogP contribution in [0.15, 0.2) is 24.5 Å². The molecular formula is C15H17ClN4O. The fourth-order valence-corrected chi connectivity index (χ4v) is 2.35. The summed E-state index contributed by atoms with van der Waals surface area (Å²) in [7, 11) is 0. The number of benzene rings is 1. The summed E-state index contributed by atoms with van der Waals surface area (Å²) in [6, 6.07) is 3.75. The number of rotatable bonds is 4. The molecule has 6 heteroatoms. The predicted octanol–water partition coefficient (Wildman–Crippen LogP) is 3.64. The minimum Gasteiger partial charge on any atom is -0.437 e. The van der Waals surface area contributed by atoms with Crippen molar-refractivity contribution in [1.29, 1.82) is 5.41 Å². The summed E-state index contributed by atoms with van der Waals surface area (Å²) in [5.74, 6) is 0.930. The Labute approximate surface area is 128 Å². The average molecular weight is 305 g/mol. The van der Waals surface area contributed by atoms with Crippen molar-refractivity contribution in [3.05, 3.63) is 46.4 Å². The first kappa shape index (κ1) is 15.3. The van der Waals surface area contributed by atoms with Crippen LogP contribution in [0.3, 0.4) is 0 Å². The molecule has 0 saturated carbocycles. The Balaban J connectivity index is 2.45. The summed E-state index contributed by atoms with van der Waals surface area (Å²) in [5.41, 5.74) is 7.58. The van der Waals surface area contributed by atoms with Gasteiger partial charge in [-0.2, -0.15) is 0 Å². The molecule has 0 unspecified atom stereocenters. The highest BCUT2D eigenvalue weighted by atomic mass is 35.5. The van der Waals surface area contributed by atoms with Crippen LogP contribution >= 0.6 is 11.6 Å². The lowest BCUT2D eigenvalue weighted by atomic mass is 10.0. The predicted molar refractivity (Wildman–Crippen MR) is 83.4 cm³/mol. The van der Waals surface area contributed by atoms with E-state index in [0.717, 1.165) is 11.1 Å². The molecule has 1 heterocycles. The third-order valence-electron chi connectivity index (χ3n) is 3.04. The van der Waals surface area contributed by atoms with E-state index in [2.05, 4.69) is 23.8 Å². The Bertz CT molecular complexity index is 685. The molecule has 0 aliphatic carbocycles. The van der Waals surface area contributed by atoms with Crippen molar-refractivity contribution in [2.24, 2.45) is 5.73 Å². The van der Waals surface area contributed by atoms with Crippen LogP contribution in [-0.4, -0.2) is 15.8 Å². The lowest BCUT2D eigenvalue weighted by molar-refractivity contribution is 0.454. The van der Waals surface area contributed by atoms with Gasteiger partial charge in [0.05, 0.1) is 0 Å². The number of aryl methyl sites for hydroxylation is 1. The van der Waals surface area contributed by atoms with Gasteiger partial charge >= 0.3 is 0 Å². The highest BCUT2D eigenvalue weighted by Crippen LogP contribution is 2.33. The number of nitrogens with two attached hydrogens (primary N) is 1. The number of nitrogens with zero attached hydrogens (tertiary/aromatic N) is 2. The van der Waals surface area contributed by atoms with Crippen LogP contribution in [-0.2, 0) is 0 Å². The van der Waals surface area contributed by atoms with Crippen molar-refractivity contribution in [2.75, 3.05) is 0 Å². The Morgan fingerprint density at radius 2 is 1.95 bits per heavy atom. The molecule has 0 saturated heterocycles. The molecule has 0 atom stereocenters. The molecule has 0 bridgehead atoms. The number of amidine groups is 1. The van der Waals surface area contributed by atoms with Gasteiger partial charge in [0.2, 0.25) is 5.88 Å². The minimum atomic E-state index is -0.186. The molecule has 1 aromatic carbocycles. The quantitative estimate of drug-likeness (QED) is 0.667. The maximum atomic E-state index is 7.51. The van der Waals surface area contributed by atoms with Gasteiger partial charge < -0.3 is 10.5 Å². The van der Waals surface area contributed by atoms with Gasteiger partial charge in [-0.05, 0) is 36.1 Å². The molecule has 0 aliphatic heterocycles. The monoisotopic (exact) mass is 304 g/mol. The van der Waals surface area contributed by atoms with Crippen LogP contribution in [0.5, 0.6) is 11.6 Å². The molecule has 5 nitrogen and oxygen atoms in total. The van der Waals surface area contributed by atoms with Crippen LogP contribution in [0.25, 0.3) is 0 Å². The third kappa shape index (κ3) is 3.31. The zero-order chi connectivity index (χ0) is 15.6. The van der Waals surface area contributed by atoms with Crippen molar-refractivity contribution < 1.29 is 4.74 Å². The van der Waals surface area contributed by atoms with Gasteiger partial charge in [0.1, 0.15) is 11.6 Å². The molecule has 2 rings (SSSR count). The summed E-state index contributed by atoms with van der Waals surface area (Å²) in [6.07, 6.45) is 2.97. The molecule has 0 amide bonds. The van der Waals surface area contributed by atoms with Gasteiger partial charge in [0.25, 0.3) is 0 Å². The van der Waals surface area contributed by atoms with E-state index in [0.29, 0.717) is 10.8 Å². The molecule has 3 N–H and O–H groups in total. The lowest BCUT2D eigenvalue weighted by Gasteiger charge is -2.14. The Morgan fingerprint density at radius 1 is 1.29 bits per heavy atom. The van der Waals surface area contributed by atoms with E-state index in [9.17, 15) is 0 Å². The smallest absolute Gasteiger partial charge is 0.249 e. The molecule has 21 heavy (non-hydrogen) atoms. The number of aromatic nitrogens is 2. The van der Waals surface area contributed by atoms with Gasteiger partial charge in [0, 0.05) is 17.4 Å². The molecular weight excluding hydrogens is 288 g/mol. The van der Waals surface area contributed by atoms with Crippen molar-refractivity contribution in [1.82, 2.24) is 9.97 Å². The van der Waals surface area contributed by atoms with Crippen LogP contribution in [0.4, 0.5) is 0 Å². The van der Waals surface area contributed by atoms with E-state index >= 15 is 0 Å². The number of ether oxygens (including phenoxy) is 1. The maximum Gasteiger partial charge on any atom is 0.249 e. The molecule has 110 valence electrons. The second-order valence-corrected chi connectivity index (χ2v) is 5.43. The second kappa shape index (κ2) is 6.10. The van der Waals surface area contributed by atoms with Gasteiger partial charge in [-0.3, -0.25) is 5.41 Å². The zero-order valence-corrected chi connectivity index (χ0v) is 12.9. The highest BCUT2D eigenvalue weighted by Gasteiger charge is 2.14. The first-order valence-corrected chi connectivity index (χ1v) is 6.91. The van der Waals surface area contributed by atoms with Gasteiger partial charge in [0.15, 0.2) is 5.69 Å². The SMILES string of the molecule is Cc1cc(Cl)c(C(C)C)cc1Oc1nccnc1C(=N)N. The normalized spacial score (nSPS) is 10.7. The van der Waals surface area contributed by atoms with Crippen molar-refractivity contribution in [3.8, 4) is 11.6 Å². The molecule has 0 radical (unpaired) electrons. The van der Waals surface area contributed by atoms with Gasteiger partial charge in [-0.25, -0.2) is 9.97 Å². The van der Waals surface area contributed by atoms with Crippen molar-refractivity contribution >= 4 is 17.4 Å². The van der Waals surface area contributed by atoms with Crippen molar-refractivity contribution in [2.45, 2.75) is 26.7 Å². The first-order chi connectivity index (χ1) is 9.90. The Kier molecular flexibility index (Phi) is 4.43. The van der Waals surface area contributed by atoms with E-state index in [1.807, 2.05) is 19.1 Å². The number of nitrogens with one attached hydrogen (secondary N) is 1. The molecule has 2 aromatic rings. The van der Waals surface area contributed by atoms with Crippen LogP contribution in [0.1, 0.15) is 36.6 Å². The summed E-state index contributed by atoms with van der Waals surface area (Å²) < 4.78 is 5.79. The topological polar surface area (TPSA) is 84.9 Å². The summed E-state index contributed by atoms with van der Waals surface area (Å²) >= 11 is 6.24. The molecule has 0 fully saturated rings. The maximum absolute atomic E-state index is 7.51. The largest absolute Gasteiger partial charge is 0.437 e. The zero-order valence-electron chi connectivity index (χ0n) is 12.1. The van der Waals surface area contributed by atoms with Crippen LogP contribution < -0.4 is 10.5 Å². The van der Waals surface area contributed by atoms with Crippen LogP contribution in [0, 0.1) is 12.3 Å². The highest BCUT2D eigenvalue weighted by molar-refractivity contribution is 6.31. The van der Waals surface area contributed by atoms with E-state index in [1.165, 1.54) is 12.4 Å². The van der Waals surface area contributed by atoms with E-state index in [4.69, 9.17) is 27.5 Å². The van der Waals surface area contributed by atoms with E-state index < -0.39 is 0 Å². The Morgan fingerprint density at radius 3 is 2.57 bits per heavy atom. The minimum absolute atomic E-state index is 0.186. The van der Waals surface area contributed by atoms with Gasteiger partial charge in [-0.1, -0.05) is 25.4 Å². The molecule has 0 spiro atoms. The second-order valence-electron chi connectivity index (χ2n) is 5.02. The fourth-order valence-electron chi connectivity index (χ4n) is 1.91. The summed E-state index contributed by atoms with van der Waals surface area (Å²) in [4.78, 5) is 8.11. The standard InChI is InChI=1S/C15H17ClN4O/c1-8(2)10-7-12(9(3)6-11(10)16)21-15-13(14(17)18)19-4-5-20-15/h4-8H,1-3H3,(H3,17,18). The van der Waals surface area contributed by atoms with E-state index in [-0.39, 0.29) is 23.3 Å². The van der Waals surface area contributed by atoms with Crippen molar-refractivity contribution in [3.63, 3.8) is 0 Å². The summed E-state index contributed by atoms with van der Waals surface area (Å²) in [6.45, 7) is 6.02. The number of nitrogen functional groups attached to an aromatic ring is 1. The number of hydrogen-bond donors (Lipinski definition) is 2. The average Bonchev–Trinajstić information content (AvgIpc) is 2.41. The van der Waals surface area contributed by atoms with Gasteiger partial charge in [-0.15, -0.1) is 0 Å². The summed E-state index contributed by atoms with van der Waals surface area (Å²) in [5, 5.41) is 8.22. The fraction of sp³-hybridized carbons (Fsp3) is 0.267. The number of halogens is 1. The van der Waals surface area contributed by atoms with Crippen LogP contribution in [0.2, 0.25) is 5.02 Å². The first-order valence-electron chi connectivity index (χ1n) is 6.53. The number of hydrogen-bond acceptors (Lipinski definition) is 4. The Hall–Kier alpha value is -2.14.